The van der Waals surface area contributed by atoms with E-state index in [1.54, 1.807) is 0 Å². The van der Waals surface area contributed by atoms with Crippen molar-refractivity contribution in [2.75, 3.05) is 24.6 Å². The maximum absolute atomic E-state index is 15.4. The normalized spacial score (nSPS) is 15.7. The molecule has 2 aliphatic heterocycles. The third-order valence-electron chi connectivity index (χ3n) is 19.0. The molecular weight excluding hydrogens is 1230 g/mol. The highest BCUT2D eigenvalue weighted by Crippen LogP contribution is 2.58. The Hall–Kier alpha value is -8.34. The molecule has 14 rings (SSSR count). The maximum atomic E-state index is 15.4. The van der Waals surface area contributed by atoms with Crippen LogP contribution < -0.4 is 61.6 Å². The van der Waals surface area contributed by atoms with Gasteiger partial charge in [0.1, 0.15) is 34.8 Å². The van der Waals surface area contributed by atoms with Crippen LogP contribution in [0.3, 0.4) is 0 Å². The van der Waals surface area contributed by atoms with Crippen molar-refractivity contribution in [2.24, 2.45) is 0 Å². The van der Waals surface area contributed by atoms with Crippen molar-refractivity contribution in [2.45, 2.75) is 24.2 Å². The molecule has 456 valence electrons. The van der Waals surface area contributed by atoms with Crippen molar-refractivity contribution in [3.05, 3.63) is 340 Å². The molecule has 0 bridgehead atoms. The molecule has 0 amide bonds. The average Bonchev–Trinajstić information content (AvgIpc) is 0.844. The van der Waals surface area contributed by atoms with Gasteiger partial charge in [0.05, 0.1) is 10.6 Å². The molecule has 0 aromatic heterocycles. The first-order valence-electron chi connectivity index (χ1n) is 31.8. The molecule has 0 aliphatic carbocycles. The molecule has 0 fully saturated rings. The van der Waals surface area contributed by atoms with Gasteiger partial charge in [-0.25, -0.2) is 0 Å². The van der Waals surface area contributed by atoms with Gasteiger partial charge in [-0.05, 0) is 76.3 Å². The summed E-state index contributed by atoms with van der Waals surface area (Å²) in [6.45, 7) is -1.98. The first-order chi connectivity index (χ1) is 45.0. The molecule has 5 nitrogen and oxygen atoms in total. The van der Waals surface area contributed by atoms with E-state index in [2.05, 4.69) is 194 Å². The molecule has 2 atom stereocenters. The Morgan fingerprint density at radius 2 is 0.554 bits per heavy atom. The van der Waals surface area contributed by atoms with Crippen LogP contribution in [0.1, 0.15) is 0 Å². The minimum absolute atomic E-state index is 0.374. The van der Waals surface area contributed by atoms with Gasteiger partial charge in [0, 0.05) is 40.2 Å². The Morgan fingerprint density at radius 3 is 0.902 bits per heavy atom. The SMILES string of the molecule is C=P(CC[Si](CCP(=O)(c1ccccc1)c1ccccc1)(c1ccccc1)c1ccccc1)(c1ccccc1)c1ccccc1.O=P1(CC[Si](CCP2(=O)Oc3ccccc3-c3ccccc32)(c2ccccc2)c2ccccc2)Oc2ccccc2-c2ccccc21. The number of hydrogen-bond acceptors (Lipinski definition) is 5. The van der Waals surface area contributed by atoms with Gasteiger partial charge in [0.25, 0.3) is 14.7 Å². The van der Waals surface area contributed by atoms with Crippen molar-refractivity contribution in [1.82, 2.24) is 0 Å². The Labute approximate surface area is 545 Å². The van der Waals surface area contributed by atoms with Crippen molar-refractivity contribution in [3.63, 3.8) is 0 Å². The first-order valence-corrected chi connectivity index (χ1v) is 44.3. The van der Waals surface area contributed by atoms with Crippen LogP contribution in [0.25, 0.3) is 22.3 Å². The van der Waals surface area contributed by atoms with Gasteiger partial charge < -0.3 is 13.6 Å². The lowest BCUT2D eigenvalue weighted by molar-refractivity contribution is 0.492. The number of para-hydroxylation sites is 2. The summed E-state index contributed by atoms with van der Waals surface area (Å²) in [7, 11) is -14.8. The zero-order valence-electron chi connectivity index (χ0n) is 51.5. The van der Waals surface area contributed by atoms with Crippen LogP contribution in [0.15, 0.2) is 340 Å². The summed E-state index contributed by atoms with van der Waals surface area (Å²) in [5, 5.41) is 11.3. The van der Waals surface area contributed by atoms with E-state index in [9.17, 15) is 0 Å². The minimum Gasteiger partial charge on any atom is -0.439 e. The van der Waals surface area contributed by atoms with Gasteiger partial charge in [-0.1, -0.05) is 349 Å². The van der Waals surface area contributed by atoms with E-state index in [1.807, 2.05) is 146 Å². The van der Waals surface area contributed by atoms with Crippen LogP contribution in [0.5, 0.6) is 11.5 Å². The molecule has 0 N–H and O–H groups in total. The molecule has 12 aromatic carbocycles. The van der Waals surface area contributed by atoms with Crippen LogP contribution >= 0.6 is 28.8 Å². The Bertz CT molecular complexity index is 4280. The lowest BCUT2D eigenvalue weighted by atomic mass is 10.0. The number of hydrogen-bond donors (Lipinski definition) is 0. The largest absolute Gasteiger partial charge is 0.439 e. The Balaban J connectivity index is 0.000000168. The topological polar surface area (TPSA) is 69.7 Å². The van der Waals surface area contributed by atoms with Crippen molar-refractivity contribution in [3.8, 4) is 33.8 Å². The molecule has 0 saturated heterocycles. The highest BCUT2D eigenvalue weighted by molar-refractivity contribution is 7.87. The van der Waals surface area contributed by atoms with E-state index < -0.39 is 44.9 Å². The fourth-order valence-electron chi connectivity index (χ4n) is 14.0. The lowest BCUT2D eigenvalue weighted by Gasteiger charge is -2.37. The van der Waals surface area contributed by atoms with E-state index in [0.717, 1.165) is 61.7 Å². The molecule has 0 radical (unpaired) electrons. The van der Waals surface area contributed by atoms with Gasteiger partial charge in [-0.3, -0.25) is 9.13 Å². The Morgan fingerprint density at radius 1 is 0.293 bits per heavy atom. The second-order valence-corrected chi connectivity index (χ2v) is 44.1. The average molecular weight is 1310 g/mol. The molecule has 12 aromatic rings. The summed E-state index contributed by atoms with van der Waals surface area (Å²) in [4.78, 5) is 0. The van der Waals surface area contributed by atoms with E-state index in [4.69, 9.17) is 15.3 Å². The van der Waals surface area contributed by atoms with E-state index in [0.29, 0.717) is 42.1 Å². The van der Waals surface area contributed by atoms with Crippen molar-refractivity contribution >= 4 is 104 Å². The number of benzene rings is 12. The summed E-state index contributed by atoms with van der Waals surface area (Å²) < 4.78 is 58.6. The van der Waals surface area contributed by atoms with Crippen LogP contribution in [0.2, 0.25) is 24.2 Å². The third kappa shape index (κ3) is 12.6. The predicted octanol–water partition coefficient (Wildman–Crippen LogP) is 15.9. The first kappa shape index (κ1) is 62.5. The standard InChI is InChI=1S/C41H40OP2Si.C40H34O4P2Si/c1-43(36-20-8-2-9-21-36,37-22-10-3-11-23-37)32-34-45(40-28-16-6-17-29-40,41-30-18-7-19-31-41)35-33-44(42,38-24-12-4-13-25-38)39-26-14-5-15-27-39;41-45(39-25-13-9-21-35(39)33-19-7-11-23-37(33)43-45)27-29-47(31-15-3-1-4-16-31,32-17-5-2-6-18-32)30-28-46(42)40-26-14-10-22-36(40)34-20-8-12-24-38(34)44-46/h2-31H,1,32-35H2;1-26H,27-30H2. The van der Waals surface area contributed by atoms with E-state index >= 15 is 13.7 Å². The monoisotopic (exact) mass is 1310 g/mol. The smallest absolute Gasteiger partial charge is 0.277 e. The summed E-state index contributed by atoms with van der Waals surface area (Å²) in [5.41, 5.74) is 3.88. The summed E-state index contributed by atoms with van der Waals surface area (Å²) in [6.07, 6.45) is 7.44. The molecule has 11 heteroatoms. The third-order valence-corrected chi connectivity index (χ3v) is 42.4. The quantitative estimate of drug-likeness (QED) is 0.0562. The van der Waals surface area contributed by atoms with Crippen LogP contribution in [-0.2, 0) is 13.7 Å². The summed E-state index contributed by atoms with van der Waals surface area (Å²) in [5.74, 6) is 1.33. The summed E-state index contributed by atoms with van der Waals surface area (Å²) in [6, 6.07) is 120. The second-order valence-electron chi connectivity index (χ2n) is 24.1. The molecule has 2 unspecified atom stereocenters. The van der Waals surface area contributed by atoms with Gasteiger partial charge in [0.15, 0.2) is 0 Å². The lowest BCUT2D eigenvalue weighted by Crippen LogP contribution is -2.59. The van der Waals surface area contributed by atoms with E-state index in [1.165, 1.54) is 31.4 Å². The maximum Gasteiger partial charge on any atom is 0.277 e. The summed E-state index contributed by atoms with van der Waals surface area (Å²) >= 11 is 0. The van der Waals surface area contributed by atoms with Crippen LogP contribution in [0, 0.1) is 0 Å². The fourth-order valence-corrected chi connectivity index (χ4v) is 40.1. The number of rotatable bonds is 20. The van der Waals surface area contributed by atoms with Crippen molar-refractivity contribution in [1.29, 1.82) is 0 Å². The number of fused-ring (bicyclic) bond motifs is 6. The highest BCUT2D eigenvalue weighted by atomic mass is 31.2. The van der Waals surface area contributed by atoms with Gasteiger partial charge >= 0.3 is 0 Å². The molecule has 92 heavy (non-hydrogen) atoms. The predicted molar refractivity (Wildman–Crippen MR) is 400 cm³/mol. The second kappa shape index (κ2) is 27.5. The van der Waals surface area contributed by atoms with Crippen LogP contribution in [0.4, 0.5) is 0 Å². The van der Waals surface area contributed by atoms with Gasteiger partial charge in [-0.15, -0.1) is 0 Å². The molecule has 0 spiro atoms. The highest BCUT2D eigenvalue weighted by Gasteiger charge is 2.46. The Kier molecular flexibility index (Phi) is 18.7. The molecule has 0 saturated carbocycles. The van der Waals surface area contributed by atoms with Crippen molar-refractivity contribution < 1.29 is 22.7 Å². The molecule has 2 aliphatic rings. The zero-order chi connectivity index (χ0) is 62.9. The molecule has 2 heterocycles. The fraction of sp³-hybridized carbons (Fsp3) is 0.0988. The zero-order valence-corrected chi connectivity index (χ0v) is 57.1. The molecular formula is C81H74O5P4Si2. The van der Waals surface area contributed by atoms with Crippen LogP contribution in [-0.4, -0.2) is 47.1 Å². The van der Waals surface area contributed by atoms with E-state index in [-0.39, 0.29) is 0 Å². The van der Waals surface area contributed by atoms with Gasteiger partial charge in [0.2, 0.25) is 0 Å². The minimum atomic E-state index is -3.31. The van der Waals surface area contributed by atoms with Gasteiger partial charge in [-0.2, -0.15) is 0 Å².